The number of hydrogen-bond donors (Lipinski definition) is 1. The van der Waals surface area contributed by atoms with Gasteiger partial charge < -0.3 is 9.84 Å². The predicted molar refractivity (Wildman–Crippen MR) is 106 cm³/mol. The highest BCUT2D eigenvalue weighted by Gasteiger charge is 2.09. The average Bonchev–Trinajstić information content (AvgIpc) is 2.58. The van der Waals surface area contributed by atoms with E-state index in [1.807, 2.05) is 6.92 Å². The fraction of sp³-hybridized carbons (Fsp3) is 0.773. The van der Waals surface area contributed by atoms with Gasteiger partial charge in [0.15, 0.2) is 0 Å². The van der Waals surface area contributed by atoms with E-state index in [0.717, 1.165) is 38.5 Å². The number of unbranched alkanes of at least 4 members (excludes halogenated alkanes) is 8. The highest BCUT2D eigenvalue weighted by Crippen LogP contribution is 2.09. The van der Waals surface area contributed by atoms with E-state index in [9.17, 15) is 9.90 Å². The monoisotopic (exact) mass is 352 g/mol. The van der Waals surface area contributed by atoms with Crippen molar-refractivity contribution in [3.8, 4) is 0 Å². The molecule has 0 aliphatic carbocycles. The smallest absolute Gasteiger partial charge is 0.308 e. The predicted octanol–water partition coefficient (Wildman–Crippen LogP) is 6.46. The molecule has 0 aromatic rings. The van der Waals surface area contributed by atoms with E-state index in [2.05, 4.69) is 31.2 Å². The normalized spacial score (nSPS) is 12.9. The lowest BCUT2D eigenvalue weighted by molar-refractivity contribution is -0.168. The molecule has 0 fully saturated rings. The second-order valence-corrected chi connectivity index (χ2v) is 6.71. The fourth-order valence-corrected chi connectivity index (χ4v) is 2.60. The lowest BCUT2D eigenvalue weighted by Gasteiger charge is -2.10. The molecular weight excluding hydrogens is 312 g/mol. The van der Waals surface area contributed by atoms with Crippen LogP contribution in [0.2, 0.25) is 0 Å². The van der Waals surface area contributed by atoms with Crippen molar-refractivity contribution in [2.24, 2.45) is 0 Å². The van der Waals surface area contributed by atoms with Gasteiger partial charge in [-0.05, 0) is 38.5 Å². The van der Waals surface area contributed by atoms with Crippen LogP contribution >= 0.6 is 0 Å². The van der Waals surface area contributed by atoms with Gasteiger partial charge in [0, 0.05) is 12.8 Å². The molecule has 0 amide bonds. The zero-order valence-electron chi connectivity index (χ0n) is 16.5. The number of aliphatic hydroxyl groups is 1. The zero-order valence-corrected chi connectivity index (χ0v) is 16.5. The lowest BCUT2D eigenvalue weighted by atomic mass is 10.1. The van der Waals surface area contributed by atoms with Crippen LogP contribution < -0.4 is 0 Å². The molecule has 0 aliphatic rings. The Balaban J connectivity index is 3.33. The van der Waals surface area contributed by atoms with Gasteiger partial charge in [-0.15, -0.1) is 0 Å². The Labute approximate surface area is 155 Å². The molecule has 1 N–H and O–H groups in total. The number of hydrogen-bond acceptors (Lipinski definition) is 3. The summed E-state index contributed by atoms with van der Waals surface area (Å²) < 4.78 is 4.91. The number of carbonyl (C=O) groups excluding carboxylic acids is 1. The molecule has 1 unspecified atom stereocenters. The van der Waals surface area contributed by atoms with Gasteiger partial charge in [-0.3, -0.25) is 4.79 Å². The molecule has 0 aliphatic heterocycles. The van der Waals surface area contributed by atoms with Crippen LogP contribution in [-0.2, 0) is 9.53 Å². The van der Waals surface area contributed by atoms with Crippen LogP contribution in [0.3, 0.4) is 0 Å². The molecule has 0 saturated carbocycles. The number of rotatable bonds is 17. The first kappa shape index (κ1) is 23.9. The first-order valence-electron chi connectivity index (χ1n) is 10.4. The maximum Gasteiger partial charge on any atom is 0.308 e. The Kier molecular flexibility index (Phi) is 18.4. The van der Waals surface area contributed by atoms with E-state index in [-0.39, 0.29) is 5.97 Å². The van der Waals surface area contributed by atoms with Crippen LogP contribution in [0.5, 0.6) is 0 Å². The summed E-state index contributed by atoms with van der Waals surface area (Å²) in [4.78, 5) is 11.5. The number of aliphatic hydroxyl groups excluding tert-OH is 1. The Morgan fingerprint density at radius 1 is 0.840 bits per heavy atom. The summed E-state index contributed by atoms with van der Waals surface area (Å²) in [5, 5.41) is 9.39. The third-order valence-electron chi connectivity index (χ3n) is 4.13. The molecule has 25 heavy (non-hydrogen) atoms. The van der Waals surface area contributed by atoms with Crippen LogP contribution in [0.1, 0.15) is 104 Å². The quantitative estimate of drug-likeness (QED) is 0.141. The van der Waals surface area contributed by atoms with Gasteiger partial charge in [-0.2, -0.15) is 0 Å². The molecule has 0 bridgehead atoms. The maximum absolute atomic E-state index is 11.5. The molecule has 0 aromatic heterocycles. The largest absolute Gasteiger partial charge is 0.436 e. The Hall–Kier alpha value is -1.09. The first-order valence-corrected chi connectivity index (χ1v) is 10.4. The van der Waals surface area contributed by atoms with Crippen LogP contribution in [-0.4, -0.2) is 17.4 Å². The summed E-state index contributed by atoms with van der Waals surface area (Å²) in [6.07, 6.45) is 22.8. The fourth-order valence-electron chi connectivity index (χ4n) is 2.60. The van der Waals surface area contributed by atoms with E-state index < -0.39 is 6.29 Å². The highest BCUT2D eigenvalue weighted by atomic mass is 16.6. The van der Waals surface area contributed by atoms with Gasteiger partial charge in [0.05, 0.1) is 0 Å². The van der Waals surface area contributed by atoms with Gasteiger partial charge in [-0.25, -0.2) is 0 Å². The minimum atomic E-state index is -0.921. The number of carbonyl (C=O) groups is 1. The van der Waals surface area contributed by atoms with Gasteiger partial charge in [-0.1, -0.05) is 76.7 Å². The van der Waals surface area contributed by atoms with Gasteiger partial charge in [0.2, 0.25) is 6.29 Å². The number of ether oxygens (including phenoxy) is 1. The standard InChI is InChI=1S/C22H40O3/c1-3-5-6-7-8-9-10-11-12-13-14-15-16-17-18-20-22(24)25-21(23)19-4-2/h8-9,11-12,21,23H,3-7,10,13-20H2,1-2H3. The average molecular weight is 353 g/mol. The van der Waals surface area contributed by atoms with Gasteiger partial charge in [0.25, 0.3) is 0 Å². The van der Waals surface area contributed by atoms with E-state index in [1.54, 1.807) is 0 Å². The lowest BCUT2D eigenvalue weighted by Crippen LogP contribution is -2.16. The molecule has 146 valence electrons. The Bertz CT molecular complexity index is 347. The van der Waals surface area contributed by atoms with E-state index in [1.165, 1.54) is 38.5 Å². The molecule has 0 saturated heterocycles. The van der Waals surface area contributed by atoms with E-state index in [4.69, 9.17) is 4.74 Å². The minimum Gasteiger partial charge on any atom is -0.436 e. The van der Waals surface area contributed by atoms with Crippen LogP contribution in [0.15, 0.2) is 24.3 Å². The molecule has 1 atom stereocenters. The van der Waals surface area contributed by atoms with Crippen molar-refractivity contribution in [1.29, 1.82) is 0 Å². The third kappa shape index (κ3) is 19.1. The molecule has 0 rings (SSSR count). The zero-order chi connectivity index (χ0) is 18.6. The van der Waals surface area contributed by atoms with Crippen molar-refractivity contribution < 1.29 is 14.6 Å². The SMILES string of the molecule is CCCCCC=CCC=CCCCCCCCC(=O)OC(O)CCC. The second-order valence-electron chi connectivity index (χ2n) is 6.71. The van der Waals surface area contributed by atoms with Crippen LogP contribution in [0.4, 0.5) is 0 Å². The van der Waals surface area contributed by atoms with Crippen molar-refractivity contribution in [3.05, 3.63) is 24.3 Å². The summed E-state index contributed by atoms with van der Waals surface area (Å²) in [5.41, 5.74) is 0. The molecule has 3 nitrogen and oxygen atoms in total. The van der Waals surface area contributed by atoms with Crippen molar-refractivity contribution in [1.82, 2.24) is 0 Å². The van der Waals surface area contributed by atoms with Crippen molar-refractivity contribution >= 4 is 5.97 Å². The first-order chi connectivity index (χ1) is 12.2. The van der Waals surface area contributed by atoms with Crippen LogP contribution in [0, 0.1) is 0 Å². The summed E-state index contributed by atoms with van der Waals surface area (Å²) in [6, 6.07) is 0. The van der Waals surface area contributed by atoms with E-state index in [0.29, 0.717) is 12.8 Å². The molecule has 0 aromatic carbocycles. The van der Waals surface area contributed by atoms with Gasteiger partial charge in [0.1, 0.15) is 0 Å². The summed E-state index contributed by atoms with van der Waals surface area (Å²) in [5.74, 6) is -0.272. The molecule has 0 spiro atoms. The van der Waals surface area contributed by atoms with Gasteiger partial charge >= 0.3 is 5.97 Å². The third-order valence-corrected chi connectivity index (χ3v) is 4.13. The topological polar surface area (TPSA) is 46.5 Å². The maximum atomic E-state index is 11.5. The summed E-state index contributed by atoms with van der Waals surface area (Å²) >= 11 is 0. The molecule has 0 radical (unpaired) electrons. The molecular formula is C22H40O3. The summed E-state index contributed by atoms with van der Waals surface area (Å²) in [6.45, 7) is 4.19. The number of esters is 1. The minimum absolute atomic E-state index is 0.272. The Morgan fingerprint density at radius 3 is 2.08 bits per heavy atom. The summed E-state index contributed by atoms with van der Waals surface area (Å²) in [7, 11) is 0. The highest BCUT2D eigenvalue weighted by molar-refractivity contribution is 5.69. The van der Waals surface area contributed by atoms with Crippen LogP contribution in [0.25, 0.3) is 0 Å². The van der Waals surface area contributed by atoms with Crippen molar-refractivity contribution in [2.75, 3.05) is 0 Å². The second kappa shape index (κ2) is 19.2. The number of allylic oxidation sites excluding steroid dienone is 4. The van der Waals surface area contributed by atoms with E-state index >= 15 is 0 Å². The Morgan fingerprint density at radius 2 is 1.44 bits per heavy atom. The van der Waals surface area contributed by atoms with Crippen molar-refractivity contribution in [3.63, 3.8) is 0 Å². The molecule has 0 heterocycles. The van der Waals surface area contributed by atoms with Crippen molar-refractivity contribution in [2.45, 2.75) is 110 Å². The molecule has 3 heteroatoms.